The molecule has 120 valence electrons. The largest absolute Gasteiger partial charge is 0.326 e. The topological polar surface area (TPSA) is 71.1 Å². The highest BCUT2D eigenvalue weighted by atomic mass is 32.2. The number of hydrogen-bond donors (Lipinski definition) is 2. The van der Waals surface area contributed by atoms with Crippen LogP contribution >= 0.6 is 23.1 Å². The minimum absolute atomic E-state index is 0.0863. The predicted octanol–water partition coefficient (Wildman–Crippen LogP) is 3.53. The minimum Gasteiger partial charge on any atom is -0.326 e. The SMILES string of the molecule is Cc1csc(NC(=O)CSc2cccc(NC(=O)C3CC3)c2)n1. The van der Waals surface area contributed by atoms with Gasteiger partial charge in [0.2, 0.25) is 11.8 Å². The lowest BCUT2D eigenvalue weighted by atomic mass is 10.3. The van der Waals surface area contributed by atoms with Crippen LogP contribution in [0.1, 0.15) is 18.5 Å². The molecule has 1 saturated carbocycles. The summed E-state index contributed by atoms with van der Waals surface area (Å²) in [7, 11) is 0. The Balaban J connectivity index is 1.51. The lowest BCUT2D eigenvalue weighted by Crippen LogP contribution is -2.14. The van der Waals surface area contributed by atoms with Crippen molar-refractivity contribution in [1.82, 2.24) is 4.98 Å². The van der Waals surface area contributed by atoms with Gasteiger partial charge in [0.05, 0.1) is 11.4 Å². The van der Waals surface area contributed by atoms with Gasteiger partial charge in [-0.05, 0) is 38.0 Å². The molecule has 3 rings (SSSR count). The summed E-state index contributed by atoms with van der Waals surface area (Å²) < 4.78 is 0. The fraction of sp³-hybridized carbons (Fsp3) is 0.312. The quantitative estimate of drug-likeness (QED) is 0.784. The Morgan fingerprint density at radius 1 is 1.35 bits per heavy atom. The Labute approximate surface area is 142 Å². The Morgan fingerprint density at radius 2 is 2.17 bits per heavy atom. The van der Waals surface area contributed by atoms with Crippen LogP contribution < -0.4 is 10.6 Å². The Morgan fingerprint density at radius 3 is 2.87 bits per heavy atom. The van der Waals surface area contributed by atoms with Gasteiger partial charge in [0.15, 0.2) is 5.13 Å². The summed E-state index contributed by atoms with van der Waals surface area (Å²) in [6, 6.07) is 7.57. The fourth-order valence-corrected chi connectivity index (χ4v) is 3.43. The van der Waals surface area contributed by atoms with Crippen molar-refractivity contribution in [3.8, 4) is 0 Å². The van der Waals surface area contributed by atoms with Gasteiger partial charge in [0, 0.05) is 21.9 Å². The number of carbonyl (C=O) groups excluding carboxylic acids is 2. The highest BCUT2D eigenvalue weighted by molar-refractivity contribution is 8.00. The number of thiazole rings is 1. The maximum atomic E-state index is 11.9. The summed E-state index contributed by atoms with van der Waals surface area (Å²) in [6.45, 7) is 1.89. The average molecular weight is 347 g/mol. The molecule has 0 unspecified atom stereocenters. The second kappa shape index (κ2) is 7.14. The number of aromatic nitrogens is 1. The molecule has 1 aliphatic rings. The zero-order chi connectivity index (χ0) is 16.2. The van der Waals surface area contributed by atoms with E-state index in [1.54, 1.807) is 0 Å². The van der Waals surface area contributed by atoms with E-state index in [-0.39, 0.29) is 17.7 Å². The van der Waals surface area contributed by atoms with Gasteiger partial charge in [0.1, 0.15) is 0 Å². The second-order valence-corrected chi connectivity index (χ2v) is 7.33. The third-order valence-corrected chi connectivity index (χ3v) is 5.15. The van der Waals surface area contributed by atoms with Crippen molar-refractivity contribution in [2.75, 3.05) is 16.4 Å². The Hall–Kier alpha value is -1.86. The number of carbonyl (C=O) groups is 2. The van der Waals surface area contributed by atoms with Gasteiger partial charge in [-0.25, -0.2) is 4.98 Å². The van der Waals surface area contributed by atoms with E-state index in [0.717, 1.165) is 29.1 Å². The van der Waals surface area contributed by atoms with Crippen LogP contribution in [0.4, 0.5) is 10.8 Å². The molecule has 0 bridgehead atoms. The van der Waals surface area contributed by atoms with Gasteiger partial charge in [-0.2, -0.15) is 0 Å². The van der Waals surface area contributed by atoms with Gasteiger partial charge >= 0.3 is 0 Å². The van der Waals surface area contributed by atoms with Gasteiger partial charge in [-0.3, -0.25) is 9.59 Å². The molecule has 5 nitrogen and oxygen atoms in total. The van der Waals surface area contributed by atoms with Crippen molar-refractivity contribution in [2.45, 2.75) is 24.7 Å². The minimum atomic E-state index is -0.0863. The number of thioether (sulfide) groups is 1. The number of rotatable bonds is 6. The van der Waals surface area contributed by atoms with E-state index in [9.17, 15) is 9.59 Å². The van der Waals surface area contributed by atoms with E-state index < -0.39 is 0 Å². The van der Waals surface area contributed by atoms with Crippen molar-refractivity contribution in [2.24, 2.45) is 5.92 Å². The lowest BCUT2D eigenvalue weighted by molar-refractivity contribution is -0.117. The summed E-state index contributed by atoms with van der Waals surface area (Å²) in [4.78, 5) is 28.8. The second-order valence-electron chi connectivity index (χ2n) is 5.42. The van der Waals surface area contributed by atoms with Crippen LogP contribution in [0.3, 0.4) is 0 Å². The van der Waals surface area contributed by atoms with Crippen LogP contribution in [0.5, 0.6) is 0 Å². The zero-order valence-electron chi connectivity index (χ0n) is 12.7. The summed E-state index contributed by atoms with van der Waals surface area (Å²) >= 11 is 2.85. The van der Waals surface area contributed by atoms with Gasteiger partial charge in [-0.1, -0.05) is 6.07 Å². The standard InChI is InChI=1S/C16H17N3O2S2/c1-10-8-23-16(17-10)19-14(20)9-22-13-4-2-3-12(7-13)18-15(21)11-5-6-11/h2-4,7-8,11H,5-6,9H2,1H3,(H,18,21)(H,17,19,20). The summed E-state index contributed by atoms with van der Waals surface area (Å²) in [6.07, 6.45) is 1.97. The molecule has 1 aromatic carbocycles. The van der Waals surface area contributed by atoms with E-state index >= 15 is 0 Å². The molecular weight excluding hydrogens is 330 g/mol. The molecule has 23 heavy (non-hydrogen) atoms. The van der Waals surface area contributed by atoms with E-state index in [1.807, 2.05) is 36.6 Å². The van der Waals surface area contributed by atoms with Crippen LogP contribution in [0.25, 0.3) is 0 Å². The van der Waals surface area contributed by atoms with Crippen molar-refractivity contribution >= 4 is 45.7 Å². The first-order valence-corrected chi connectivity index (χ1v) is 9.22. The number of benzene rings is 1. The Bertz CT molecular complexity index is 726. The maximum absolute atomic E-state index is 11.9. The number of aryl methyl sites for hydroxylation is 1. The van der Waals surface area contributed by atoms with Gasteiger partial charge in [-0.15, -0.1) is 23.1 Å². The summed E-state index contributed by atoms with van der Waals surface area (Å²) in [5, 5.41) is 8.22. The van der Waals surface area contributed by atoms with E-state index in [2.05, 4.69) is 15.6 Å². The molecule has 0 aliphatic heterocycles. The first-order chi connectivity index (χ1) is 11.1. The molecule has 2 N–H and O–H groups in total. The van der Waals surface area contributed by atoms with Crippen molar-refractivity contribution in [3.05, 3.63) is 35.3 Å². The van der Waals surface area contributed by atoms with Crippen molar-refractivity contribution in [1.29, 1.82) is 0 Å². The van der Waals surface area contributed by atoms with Crippen LogP contribution in [0.15, 0.2) is 34.5 Å². The van der Waals surface area contributed by atoms with Crippen molar-refractivity contribution < 1.29 is 9.59 Å². The molecule has 0 atom stereocenters. The molecular formula is C16H17N3O2S2. The van der Waals surface area contributed by atoms with Gasteiger partial charge in [0.25, 0.3) is 0 Å². The normalized spacial score (nSPS) is 13.6. The lowest BCUT2D eigenvalue weighted by Gasteiger charge is -2.07. The molecule has 2 aromatic rings. The molecule has 1 aliphatic carbocycles. The number of anilines is 2. The number of nitrogens with one attached hydrogen (secondary N) is 2. The summed E-state index contributed by atoms with van der Waals surface area (Å²) in [5.41, 5.74) is 1.68. The third kappa shape index (κ3) is 4.80. The molecule has 0 spiro atoms. The monoisotopic (exact) mass is 347 g/mol. The number of amides is 2. The average Bonchev–Trinajstić information content (AvgIpc) is 3.30. The highest BCUT2D eigenvalue weighted by Crippen LogP contribution is 2.30. The van der Waals surface area contributed by atoms with Crippen molar-refractivity contribution in [3.63, 3.8) is 0 Å². The van der Waals surface area contributed by atoms with Crippen LogP contribution in [0, 0.1) is 12.8 Å². The molecule has 0 saturated heterocycles. The molecule has 7 heteroatoms. The van der Waals surface area contributed by atoms with E-state index in [1.165, 1.54) is 23.1 Å². The summed E-state index contributed by atoms with van der Waals surface area (Å²) in [5.74, 6) is 0.484. The number of nitrogens with zero attached hydrogens (tertiary/aromatic N) is 1. The first-order valence-electron chi connectivity index (χ1n) is 7.36. The first kappa shape index (κ1) is 16.0. The zero-order valence-corrected chi connectivity index (χ0v) is 14.3. The third-order valence-electron chi connectivity index (χ3n) is 3.29. The number of hydrogen-bond acceptors (Lipinski definition) is 5. The molecule has 1 heterocycles. The predicted molar refractivity (Wildman–Crippen MR) is 94.0 cm³/mol. The molecule has 1 aromatic heterocycles. The van der Waals surface area contributed by atoms with Crippen LogP contribution in [0.2, 0.25) is 0 Å². The van der Waals surface area contributed by atoms with Crippen LogP contribution in [-0.4, -0.2) is 22.6 Å². The molecule has 2 amide bonds. The maximum Gasteiger partial charge on any atom is 0.236 e. The van der Waals surface area contributed by atoms with Gasteiger partial charge < -0.3 is 10.6 Å². The highest BCUT2D eigenvalue weighted by Gasteiger charge is 2.29. The fourth-order valence-electron chi connectivity index (χ4n) is 1.97. The van der Waals surface area contributed by atoms with E-state index in [0.29, 0.717) is 10.9 Å². The smallest absolute Gasteiger partial charge is 0.236 e. The Kier molecular flexibility index (Phi) is 4.97. The van der Waals surface area contributed by atoms with E-state index in [4.69, 9.17) is 0 Å². The van der Waals surface area contributed by atoms with Crippen LogP contribution in [-0.2, 0) is 9.59 Å². The molecule has 0 radical (unpaired) electrons. The molecule has 1 fully saturated rings.